The maximum Gasteiger partial charge on any atom is 0.274 e. The molecular weight excluding hydrogens is 671 g/mol. The number of likely N-dealkylation sites (tertiary alicyclic amines) is 1. The summed E-state index contributed by atoms with van der Waals surface area (Å²) >= 11 is 0. The van der Waals surface area contributed by atoms with E-state index in [1.165, 1.54) is 45.9 Å². The lowest BCUT2D eigenvalue weighted by molar-refractivity contribution is -0.123. The predicted molar refractivity (Wildman–Crippen MR) is 184 cm³/mol. The zero-order chi connectivity index (χ0) is 36.2. The first-order valence-corrected chi connectivity index (χ1v) is 16.8. The molecule has 0 unspecified atom stereocenters. The van der Waals surface area contributed by atoms with Gasteiger partial charge in [0.2, 0.25) is 5.91 Å². The van der Waals surface area contributed by atoms with Crippen LogP contribution in [-0.4, -0.2) is 91.3 Å². The van der Waals surface area contributed by atoms with Crippen molar-refractivity contribution in [1.29, 1.82) is 0 Å². The Kier molecular flexibility index (Phi) is 9.84. The minimum absolute atomic E-state index is 0.0620. The fraction of sp³-hybridized carbons (Fsp3) is 0.270. The summed E-state index contributed by atoms with van der Waals surface area (Å²) < 4.78 is 28.7. The highest BCUT2D eigenvalue weighted by Crippen LogP contribution is 2.28. The molecule has 0 aliphatic carbocycles. The Labute approximate surface area is 297 Å². The van der Waals surface area contributed by atoms with Crippen LogP contribution >= 0.6 is 0 Å². The van der Waals surface area contributed by atoms with E-state index in [9.17, 15) is 23.6 Å². The lowest BCUT2D eigenvalue weighted by Crippen LogP contribution is -2.49. The zero-order valence-corrected chi connectivity index (χ0v) is 28.2. The highest BCUT2D eigenvalue weighted by Gasteiger charge is 2.39. The molecular formula is C37H35FN8O6. The first-order valence-electron chi connectivity index (χ1n) is 16.8. The monoisotopic (exact) mass is 706 g/mol. The molecule has 2 aromatic carbocycles. The number of ether oxygens (including phenoxy) is 2. The quantitative estimate of drug-likeness (QED) is 0.270. The lowest BCUT2D eigenvalue weighted by atomic mass is 10.1. The third-order valence-corrected chi connectivity index (χ3v) is 8.76. The van der Waals surface area contributed by atoms with Gasteiger partial charge in [-0.15, -0.1) is 0 Å². The second-order valence-electron chi connectivity index (χ2n) is 12.6. The van der Waals surface area contributed by atoms with E-state index in [1.807, 2.05) is 6.92 Å². The number of nitrogens with one attached hydrogen (secondary N) is 2. The summed E-state index contributed by atoms with van der Waals surface area (Å²) in [7, 11) is 0. The van der Waals surface area contributed by atoms with Gasteiger partial charge in [-0.25, -0.2) is 13.9 Å². The van der Waals surface area contributed by atoms with Crippen molar-refractivity contribution < 1.29 is 33.0 Å². The summed E-state index contributed by atoms with van der Waals surface area (Å²) in [5.74, 6) is -2.14. The number of carbonyl (C=O) groups excluding carboxylic acids is 4. The summed E-state index contributed by atoms with van der Waals surface area (Å²) in [4.78, 5) is 65.9. The molecule has 1 saturated heterocycles. The Hall–Kier alpha value is -6.22. The molecule has 15 heteroatoms. The molecule has 1 fully saturated rings. The topological polar surface area (TPSA) is 160 Å². The minimum Gasteiger partial charge on any atom is -0.457 e. The molecule has 2 N–H and O–H groups in total. The van der Waals surface area contributed by atoms with Crippen LogP contribution < -0.4 is 15.4 Å². The van der Waals surface area contributed by atoms with E-state index in [0.717, 1.165) is 5.56 Å². The van der Waals surface area contributed by atoms with Crippen molar-refractivity contribution in [3.63, 3.8) is 0 Å². The van der Waals surface area contributed by atoms with Crippen molar-refractivity contribution in [2.24, 2.45) is 0 Å². The summed E-state index contributed by atoms with van der Waals surface area (Å²) in [6, 6.07) is 14.8. The van der Waals surface area contributed by atoms with Gasteiger partial charge in [-0.05, 0) is 72.1 Å². The van der Waals surface area contributed by atoms with Gasteiger partial charge >= 0.3 is 0 Å². The van der Waals surface area contributed by atoms with E-state index in [1.54, 1.807) is 53.8 Å². The molecule has 4 bridgehead atoms. The largest absolute Gasteiger partial charge is 0.457 e. The number of imidazole rings is 1. The van der Waals surface area contributed by atoms with Crippen LogP contribution in [0, 0.1) is 5.82 Å². The SMILES string of the molecule is CCCN1CC(=O)N[C@@H]2CN(C(=O)c3cnc4cccnn34)C[C@H]2OCc2cc(F)cc(c2)Oc2cc(C(=O)NCc3ccncc3)cc(c2)C1=O. The van der Waals surface area contributed by atoms with Gasteiger partial charge < -0.3 is 29.9 Å². The molecule has 2 atom stereocenters. The van der Waals surface area contributed by atoms with E-state index in [2.05, 4.69) is 25.7 Å². The normalized spacial score (nSPS) is 17.7. The number of hydrogen-bond donors (Lipinski definition) is 2. The molecule has 4 amide bonds. The Bertz CT molecular complexity index is 2140. The highest BCUT2D eigenvalue weighted by molar-refractivity contribution is 6.01. The third-order valence-electron chi connectivity index (χ3n) is 8.76. The maximum atomic E-state index is 15.0. The summed E-state index contributed by atoms with van der Waals surface area (Å²) in [5, 5.41) is 10.0. The number of carbonyl (C=O) groups is 4. The van der Waals surface area contributed by atoms with Crippen molar-refractivity contribution in [3.05, 3.63) is 119 Å². The van der Waals surface area contributed by atoms with Crippen molar-refractivity contribution in [3.8, 4) is 11.5 Å². The van der Waals surface area contributed by atoms with Crippen molar-refractivity contribution in [2.45, 2.75) is 38.6 Å². The van der Waals surface area contributed by atoms with Crippen LogP contribution in [0.5, 0.6) is 11.5 Å². The number of aromatic nitrogens is 4. The molecule has 5 heterocycles. The van der Waals surface area contributed by atoms with Gasteiger partial charge in [-0.3, -0.25) is 24.2 Å². The van der Waals surface area contributed by atoms with Crippen molar-refractivity contribution in [1.82, 2.24) is 40.0 Å². The summed E-state index contributed by atoms with van der Waals surface area (Å²) in [5.41, 5.74) is 2.26. The molecule has 2 aliphatic heterocycles. The van der Waals surface area contributed by atoms with Gasteiger partial charge in [0.25, 0.3) is 17.7 Å². The lowest BCUT2D eigenvalue weighted by Gasteiger charge is -2.25. The molecule has 2 aliphatic rings. The van der Waals surface area contributed by atoms with Gasteiger partial charge in [0.15, 0.2) is 11.3 Å². The molecule has 7 rings (SSSR count). The fourth-order valence-electron chi connectivity index (χ4n) is 6.31. The van der Waals surface area contributed by atoms with Gasteiger partial charge in [-0.1, -0.05) is 6.92 Å². The average molecular weight is 707 g/mol. The van der Waals surface area contributed by atoms with Crippen molar-refractivity contribution >= 4 is 29.3 Å². The molecule has 52 heavy (non-hydrogen) atoms. The van der Waals surface area contributed by atoms with Gasteiger partial charge in [-0.2, -0.15) is 5.10 Å². The number of nitrogens with zero attached hydrogens (tertiary/aromatic N) is 6. The molecule has 14 nitrogen and oxygen atoms in total. The fourth-order valence-corrected chi connectivity index (χ4v) is 6.31. The average Bonchev–Trinajstić information content (AvgIpc) is 3.76. The van der Waals surface area contributed by atoms with Crippen LogP contribution in [0.3, 0.4) is 0 Å². The summed E-state index contributed by atoms with van der Waals surface area (Å²) in [6.07, 6.45) is 6.11. The van der Waals surface area contributed by atoms with Gasteiger partial charge in [0.05, 0.1) is 31.5 Å². The standard InChI is InChI=1S/C37H35FN8O6/c1-2-10-44-21-34(47)43-30-19-45(37(50)31-18-40-33-4-3-7-42-46(31)33)20-32(30)51-22-24-11-27(38)16-28(12-24)52-29-14-25(13-26(15-29)36(44)49)35(48)41-17-23-5-8-39-9-6-23/h3-9,11-16,18,30,32H,2,10,17,19-22H2,1H3,(H,41,48)(H,43,47)/t30-,32-/m1/s1. The highest BCUT2D eigenvalue weighted by atomic mass is 19.1. The molecule has 266 valence electrons. The van der Waals surface area contributed by atoms with E-state index in [4.69, 9.17) is 9.47 Å². The molecule has 0 saturated carbocycles. The molecule has 0 radical (unpaired) electrons. The van der Waals surface area contributed by atoms with Crippen LogP contribution in [-0.2, 0) is 22.7 Å². The number of halogens is 1. The predicted octanol–water partition coefficient (Wildman–Crippen LogP) is 3.38. The molecule has 5 aromatic rings. The number of benzene rings is 2. The Morgan fingerprint density at radius 2 is 1.85 bits per heavy atom. The smallest absolute Gasteiger partial charge is 0.274 e. The minimum atomic E-state index is -0.670. The third kappa shape index (κ3) is 7.58. The number of pyridine rings is 1. The van der Waals surface area contributed by atoms with Crippen molar-refractivity contribution in [2.75, 3.05) is 26.2 Å². The van der Waals surface area contributed by atoms with E-state index < -0.39 is 35.7 Å². The van der Waals surface area contributed by atoms with E-state index in [0.29, 0.717) is 17.6 Å². The van der Waals surface area contributed by atoms with Gasteiger partial charge in [0.1, 0.15) is 17.3 Å². The second kappa shape index (κ2) is 14.9. The first kappa shape index (κ1) is 34.2. The van der Waals surface area contributed by atoms with Crippen LogP contribution in [0.4, 0.5) is 4.39 Å². The van der Waals surface area contributed by atoms with Crippen LogP contribution in [0.25, 0.3) is 5.65 Å². The number of hydrogen-bond acceptors (Lipinski definition) is 9. The first-order chi connectivity index (χ1) is 25.2. The number of amides is 4. The van der Waals surface area contributed by atoms with Crippen LogP contribution in [0.1, 0.15) is 55.7 Å². The Morgan fingerprint density at radius 1 is 1.02 bits per heavy atom. The molecule has 3 aromatic heterocycles. The zero-order valence-electron chi connectivity index (χ0n) is 28.2. The second-order valence-corrected chi connectivity index (χ2v) is 12.6. The van der Waals surface area contributed by atoms with Crippen LogP contribution in [0.15, 0.2) is 85.5 Å². The van der Waals surface area contributed by atoms with E-state index in [-0.39, 0.29) is 73.6 Å². The Morgan fingerprint density at radius 3 is 2.67 bits per heavy atom. The summed E-state index contributed by atoms with van der Waals surface area (Å²) in [6.45, 7) is 2.21. The van der Waals surface area contributed by atoms with E-state index >= 15 is 0 Å². The maximum absolute atomic E-state index is 15.0. The number of fused-ring (bicyclic) bond motifs is 6. The number of rotatable bonds is 6. The van der Waals surface area contributed by atoms with Gasteiger partial charge in [0, 0.05) is 62.0 Å². The Balaban J connectivity index is 1.19. The molecule has 0 spiro atoms. The van der Waals surface area contributed by atoms with Crippen LogP contribution in [0.2, 0.25) is 0 Å².